The molecule has 9 heteroatoms. The molecule has 1 unspecified atom stereocenters. The van der Waals surface area contributed by atoms with E-state index in [1.807, 2.05) is 19.9 Å². The smallest absolute Gasteiger partial charge is 0.337 e. The van der Waals surface area contributed by atoms with Crippen molar-refractivity contribution in [1.82, 2.24) is 15.1 Å². The highest BCUT2D eigenvalue weighted by Crippen LogP contribution is 2.20. The number of carbonyl (C=O) groups is 3. The fourth-order valence-electron chi connectivity index (χ4n) is 3.02. The molecular weight excluding hydrogens is 388 g/mol. The number of furan rings is 1. The van der Waals surface area contributed by atoms with Crippen LogP contribution in [-0.4, -0.2) is 41.2 Å². The molecule has 0 saturated heterocycles. The number of amides is 2. The van der Waals surface area contributed by atoms with Gasteiger partial charge in [-0.2, -0.15) is 5.10 Å². The first-order valence-corrected chi connectivity index (χ1v) is 9.22. The zero-order valence-electron chi connectivity index (χ0n) is 16.8. The van der Waals surface area contributed by atoms with Gasteiger partial charge in [-0.25, -0.2) is 4.79 Å². The second-order valence-corrected chi connectivity index (χ2v) is 6.64. The van der Waals surface area contributed by atoms with E-state index in [2.05, 4.69) is 20.5 Å². The molecule has 1 atom stereocenters. The van der Waals surface area contributed by atoms with Crippen molar-refractivity contribution in [2.45, 2.75) is 19.9 Å². The lowest BCUT2D eigenvalue weighted by Gasteiger charge is -2.18. The monoisotopic (exact) mass is 410 g/mol. The van der Waals surface area contributed by atoms with E-state index in [9.17, 15) is 14.4 Å². The van der Waals surface area contributed by atoms with Crippen LogP contribution >= 0.6 is 0 Å². The average Bonchev–Trinajstić information content (AvgIpc) is 3.38. The van der Waals surface area contributed by atoms with Gasteiger partial charge in [0.25, 0.3) is 0 Å². The Hall–Kier alpha value is -3.88. The van der Waals surface area contributed by atoms with Gasteiger partial charge in [-0.15, -0.1) is 0 Å². The van der Waals surface area contributed by atoms with E-state index in [4.69, 9.17) is 4.42 Å². The van der Waals surface area contributed by atoms with Gasteiger partial charge in [0.2, 0.25) is 0 Å². The largest absolute Gasteiger partial charge is 0.467 e. The van der Waals surface area contributed by atoms with Gasteiger partial charge in [-0.05, 0) is 56.3 Å². The zero-order chi connectivity index (χ0) is 21.7. The lowest BCUT2D eigenvalue weighted by atomic mass is 10.2. The van der Waals surface area contributed by atoms with Gasteiger partial charge < -0.3 is 19.8 Å². The highest BCUT2D eigenvalue weighted by atomic mass is 16.5. The van der Waals surface area contributed by atoms with Crippen LogP contribution in [0.4, 0.5) is 5.69 Å². The molecule has 0 aliphatic rings. The number of aryl methyl sites for hydroxylation is 2. The van der Waals surface area contributed by atoms with Crippen LogP contribution in [0.5, 0.6) is 0 Å². The fourth-order valence-corrected chi connectivity index (χ4v) is 3.02. The van der Waals surface area contributed by atoms with Crippen molar-refractivity contribution in [3.05, 3.63) is 71.4 Å². The standard InChI is InChI=1S/C21H22N4O5/c1-13-11-14(2)25(24-13)17(18-5-4-10-30-18)12-22-19(26)20(27)23-16-8-6-15(7-9-16)21(28)29-3/h4-11,17H,12H2,1-3H3,(H,22,26)(H,23,27). The van der Waals surface area contributed by atoms with Crippen molar-refractivity contribution < 1.29 is 23.5 Å². The summed E-state index contributed by atoms with van der Waals surface area (Å²) in [6.07, 6.45) is 1.54. The molecule has 0 aliphatic carbocycles. The first-order valence-electron chi connectivity index (χ1n) is 9.22. The maximum absolute atomic E-state index is 12.3. The van der Waals surface area contributed by atoms with Crippen LogP contribution in [0.2, 0.25) is 0 Å². The van der Waals surface area contributed by atoms with Gasteiger partial charge in [0.05, 0.1) is 24.6 Å². The molecule has 9 nitrogen and oxygen atoms in total. The minimum absolute atomic E-state index is 0.114. The summed E-state index contributed by atoms with van der Waals surface area (Å²) in [6.45, 7) is 3.89. The van der Waals surface area contributed by atoms with E-state index in [1.165, 1.54) is 31.4 Å². The number of ether oxygens (including phenoxy) is 1. The van der Waals surface area contributed by atoms with E-state index in [1.54, 1.807) is 23.1 Å². The Kier molecular flexibility index (Phi) is 6.31. The predicted octanol–water partition coefficient (Wildman–Crippen LogP) is 2.22. The van der Waals surface area contributed by atoms with Crippen molar-refractivity contribution in [3.63, 3.8) is 0 Å². The van der Waals surface area contributed by atoms with Crippen LogP contribution in [0, 0.1) is 13.8 Å². The lowest BCUT2D eigenvalue weighted by molar-refractivity contribution is -0.136. The third-order valence-corrected chi connectivity index (χ3v) is 4.44. The maximum atomic E-state index is 12.3. The van der Waals surface area contributed by atoms with Gasteiger partial charge >= 0.3 is 17.8 Å². The number of hydrogen-bond acceptors (Lipinski definition) is 6. The number of benzene rings is 1. The van der Waals surface area contributed by atoms with Crippen molar-refractivity contribution in [2.75, 3.05) is 19.0 Å². The molecule has 0 aliphatic heterocycles. The van der Waals surface area contributed by atoms with Gasteiger partial charge in [0, 0.05) is 17.9 Å². The number of hydrogen-bond donors (Lipinski definition) is 2. The molecule has 0 saturated carbocycles. The van der Waals surface area contributed by atoms with Crippen molar-refractivity contribution in [3.8, 4) is 0 Å². The molecule has 2 amide bonds. The van der Waals surface area contributed by atoms with Crippen LogP contribution < -0.4 is 10.6 Å². The van der Waals surface area contributed by atoms with Crippen molar-refractivity contribution >= 4 is 23.5 Å². The zero-order valence-corrected chi connectivity index (χ0v) is 16.8. The van der Waals surface area contributed by atoms with Crippen molar-refractivity contribution in [1.29, 1.82) is 0 Å². The lowest BCUT2D eigenvalue weighted by Crippen LogP contribution is -2.39. The summed E-state index contributed by atoms with van der Waals surface area (Å²) in [5.74, 6) is -1.50. The van der Waals surface area contributed by atoms with Crippen LogP contribution in [0.25, 0.3) is 0 Å². The molecule has 30 heavy (non-hydrogen) atoms. The number of methoxy groups -OCH3 is 1. The highest BCUT2D eigenvalue weighted by molar-refractivity contribution is 6.39. The van der Waals surface area contributed by atoms with E-state index in [-0.39, 0.29) is 6.54 Å². The SMILES string of the molecule is COC(=O)c1ccc(NC(=O)C(=O)NCC(c2ccco2)n2nc(C)cc2C)cc1. The van der Waals surface area contributed by atoms with Gasteiger partial charge in [-0.3, -0.25) is 14.3 Å². The molecule has 156 valence electrons. The average molecular weight is 410 g/mol. The van der Waals surface area contributed by atoms with Crippen LogP contribution in [0.3, 0.4) is 0 Å². The normalized spacial score (nSPS) is 11.6. The molecule has 0 bridgehead atoms. The Bertz CT molecular complexity index is 1040. The molecule has 0 fully saturated rings. The first-order chi connectivity index (χ1) is 14.4. The van der Waals surface area contributed by atoms with E-state index < -0.39 is 23.8 Å². The van der Waals surface area contributed by atoms with Crippen LogP contribution in [-0.2, 0) is 14.3 Å². The molecule has 2 aromatic heterocycles. The molecule has 3 rings (SSSR count). The summed E-state index contributed by atoms with van der Waals surface area (Å²) >= 11 is 0. The van der Waals surface area contributed by atoms with Gasteiger partial charge in [0.15, 0.2) is 0 Å². The number of anilines is 1. The number of aromatic nitrogens is 2. The maximum Gasteiger partial charge on any atom is 0.337 e. The molecule has 2 N–H and O–H groups in total. The number of nitrogens with one attached hydrogen (secondary N) is 2. The third kappa shape index (κ3) is 4.75. The van der Waals surface area contributed by atoms with E-state index in [0.717, 1.165) is 11.4 Å². The third-order valence-electron chi connectivity index (χ3n) is 4.44. The number of carbonyl (C=O) groups excluding carboxylic acids is 3. The van der Waals surface area contributed by atoms with Crippen LogP contribution in [0.1, 0.15) is 33.5 Å². The fraction of sp³-hybridized carbons (Fsp3) is 0.238. The summed E-state index contributed by atoms with van der Waals surface area (Å²) < 4.78 is 11.9. The topological polar surface area (TPSA) is 115 Å². The van der Waals surface area contributed by atoms with E-state index in [0.29, 0.717) is 17.0 Å². The van der Waals surface area contributed by atoms with Crippen molar-refractivity contribution in [2.24, 2.45) is 0 Å². The van der Waals surface area contributed by atoms with Crippen LogP contribution in [0.15, 0.2) is 53.1 Å². The Balaban J connectivity index is 1.64. The summed E-state index contributed by atoms with van der Waals surface area (Å²) in [5, 5.41) is 9.56. The molecule has 0 radical (unpaired) electrons. The molecular formula is C21H22N4O5. The summed E-state index contributed by atoms with van der Waals surface area (Å²) in [7, 11) is 1.28. The summed E-state index contributed by atoms with van der Waals surface area (Å²) in [5.41, 5.74) is 2.46. The highest BCUT2D eigenvalue weighted by Gasteiger charge is 2.22. The molecule has 2 heterocycles. The predicted molar refractivity (Wildman–Crippen MR) is 108 cm³/mol. The quantitative estimate of drug-likeness (QED) is 0.476. The second kappa shape index (κ2) is 9.08. The Labute approximate surface area is 173 Å². The molecule has 0 spiro atoms. The Morgan fingerprint density at radius 2 is 1.87 bits per heavy atom. The minimum Gasteiger partial charge on any atom is -0.467 e. The second-order valence-electron chi connectivity index (χ2n) is 6.64. The van der Waals surface area contributed by atoms with Gasteiger partial charge in [-0.1, -0.05) is 0 Å². The number of esters is 1. The summed E-state index contributed by atoms with van der Waals surface area (Å²) in [4.78, 5) is 36.0. The Morgan fingerprint density at radius 1 is 1.13 bits per heavy atom. The number of rotatable bonds is 6. The van der Waals surface area contributed by atoms with E-state index >= 15 is 0 Å². The number of nitrogens with zero attached hydrogens (tertiary/aromatic N) is 2. The Morgan fingerprint density at radius 3 is 2.43 bits per heavy atom. The minimum atomic E-state index is -0.826. The summed E-state index contributed by atoms with van der Waals surface area (Å²) in [6, 6.07) is 11.1. The molecule has 1 aromatic carbocycles. The first kappa shape index (κ1) is 20.8. The van der Waals surface area contributed by atoms with Gasteiger partial charge in [0.1, 0.15) is 11.8 Å². The molecule has 3 aromatic rings.